The lowest BCUT2D eigenvalue weighted by Gasteiger charge is -2.30. The van der Waals surface area contributed by atoms with Gasteiger partial charge in [0.1, 0.15) is 10.7 Å². The fourth-order valence-corrected chi connectivity index (χ4v) is 5.15. The lowest BCUT2D eigenvalue weighted by molar-refractivity contribution is -0.129. The maximum Gasteiger partial charge on any atom is 0.266 e. The Kier molecular flexibility index (Phi) is 5.24. The van der Waals surface area contributed by atoms with Gasteiger partial charge in [0, 0.05) is 32.6 Å². The number of aromatic nitrogens is 3. The number of anilines is 1. The van der Waals surface area contributed by atoms with Crippen LogP contribution in [0.2, 0.25) is 0 Å². The minimum Gasteiger partial charge on any atom is -0.373 e. The molecule has 9 heteroatoms. The van der Waals surface area contributed by atoms with Gasteiger partial charge < -0.3 is 15.1 Å². The van der Waals surface area contributed by atoms with E-state index < -0.39 is 0 Å². The van der Waals surface area contributed by atoms with Crippen molar-refractivity contribution in [2.75, 3.05) is 25.5 Å². The number of likely N-dealkylation sites (tertiary alicyclic amines) is 1. The van der Waals surface area contributed by atoms with Crippen LogP contribution in [0.4, 0.5) is 5.82 Å². The first-order valence-electron chi connectivity index (χ1n) is 9.97. The van der Waals surface area contributed by atoms with Gasteiger partial charge in [0.25, 0.3) is 5.91 Å². The molecular formula is C20H26N6O2S. The molecule has 8 nitrogen and oxygen atoms in total. The van der Waals surface area contributed by atoms with Crippen molar-refractivity contribution in [2.24, 2.45) is 0 Å². The molecule has 2 aromatic heterocycles. The van der Waals surface area contributed by atoms with Crippen LogP contribution >= 0.6 is 11.3 Å². The minimum atomic E-state index is -0.0950. The second-order valence-corrected chi connectivity index (χ2v) is 8.80. The number of aryl methyl sites for hydroxylation is 2. The Balaban J connectivity index is 1.65. The third-order valence-electron chi connectivity index (χ3n) is 5.66. The molecule has 0 bridgehead atoms. The molecule has 4 rings (SSSR count). The number of hydrogen-bond acceptors (Lipinski definition) is 7. The van der Waals surface area contributed by atoms with Crippen LogP contribution in [-0.2, 0) is 17.8 Å². The van der Waals surface area contributed by atoms with Crippen LogP contribution in [0.15, 0.2) is 0 Å². The van der Waals surface area contributed by atoms with Crippen LogP contribution in [0.3, 0.4) is 0 Å². The molecule has 1 fully saturated rings. The normalized spacial score (nSPS) is 18.7. The fraction of sp³-hybridized carbons (Fsp3) is 0.550. The van der Waals surface area contributed by atoms with E-state index in [1.807, 2.05) is 30.7 Å². The van der Waals surface area contributed by atoms with Crippen LogP contribution in [-0.4, -0.2) is 56.7 Å². The first-order chi connectivity index (χ1) is 13.9. The highest BCUT2D eigenvalue weighted by Crippen LogP contribution is 2.33. The number of rotatable bonds is 3. The van der Waals surface area contributed by atoms with E-state index in [0.717, 1.165) is 47.2 Å². The third-order valence-corrected chi connectivity index (χ3v) is 6.72. The number of carbonyl (C=O) groups is 2. The van der Waals surface area contributed by atoms with Gasteiger partial charge in [0.05, 0.1) is 29.0 Å². The number of fused-ring (bicyclic) bond motifs is 1. The molecule has 2 amide bonds. The summed E-state index contributed by atoms with van der Waals surface area (Å²) in [5, 5.41) is 4.08. The largest absolute Gasteiger partial charge is 0.373 e. The van der Waals surface area contributed by atoms with E-state index in [4.69, 9.17) is 9.97 Å². The second-order valence-electron chi connectivity index (χ2n) is 7.60. The van der Waals surface area contributed by atoms with Gasteiger partial charge in [-0.3, -0.25) is 9.59 Å². The Labute approximate surface area is 174 Å². The molecule has 1 saturated heterocycles. The molecule has 2 aliphatic heterocycles. The SMILES string of the molecule is CNc1nc(C2CCCN2C(C)=O)nc2c1CCN(C(=O)c1sc(C)nc1C)C2. The third kappa shape index (κ3) is 3.59. The molecule has 0 spiro atoms. The summed E-state index contributed by atoms with van der Waals surface area (Å²) in [6.07, 6.45) is 2.52. The quantitative estimate of drug-likeness (QED) is 0.830. The van der Waals surface area contributed by atoms with Crippen molar-refractivity contribution in [3.63, 3.8) is 0 Å². The Morgan fingerprint density at radius 3 is 2.62 bits per heavy atom. The molecule has 1 N–H and O–H groups in total. The lowest BCUT2D eigenvalue weighted by atomic mass is 10.0. The van der Waals surface area contributed by atoms with E-state index in [1.165, 1.54) is 11.3 Å². The second kappa shape index (κ2) is 7.70. The Hall–Kier alpha value is -2.55. The molecule has 29 heavy (non-hydrogen) atoms. The molecule has 1 atom stereocenters. The maximum absolute atomic E-state index is 13.1. The van der Waals surface area contributed by atoms with Crippen LogP contribution in [0, 0.1) is 13.8 Å². The van der Waals surface area contributed by atoms with Gasteiger partial charge >= 0.3 is 0 Å². The van der Waals surface area contributed by atoms with Crippen LogP contribution < -0.4 is 5.32 Å². The van der Waals surface area contributed by atoms with Gasteiger partial charge in [0.2, 0.25) is 5.91 Å². The summed E-state index contributed by atoms with van der Waals surface area (Å²) in [5.74, 6) is 1.53. The molecule has 0 saturated carbocycles. The van der Waals surface area contributed by atoms with Crippen molar-refractivity contribution in [3.8, 4) is 0 Å². The number of carbonyl (C=O) groups excluding carboxylic acids is 2. The summed E-state index contributed by atoms with van der Waals surface area (Å²) in [5.41, 5.74) is 2.71. The monoisotopic (exact) mass is 414 g/mol. The zero-order valence-electron chi connectivity index (χ0n) is 17.3. The summed E-state index contributed by atoms with van der Waals surface area (Å²) < 4.78 is 0. The molecule has 0 aromatic carbocycles. The van der Waals surface area contributed by atoms with E-state index in [2.05, 4.69) is 10.3 Å². The van der Waals surface area contributed by atoms with Crippen molar-refractivity contribution in [1.82, 2.24) is 24.8 Å². The van der Waals surface area contributed by atoms with Crippen molar-refractivity contribution in [1.29, 1.82) is 0 Å². The highest BCUT2D eigenvalue weighted by atomic mass is 32.1. The highest BCUT2D eigenvalue weighted by molar-refractivity contribution is 7.13. The average Bonchev–Trinajstić information content (AvgIpc) is 3.32. The van der Waals surface area contributed by atoms with E-state index in [9.17, 15) is 9.59 Å². The minimum absolute atomic E-state index is 0.0103. The highest BCUT2D eigenvalue weighted by Gasteiger charge is 2.33. The number of nitrogens with one attached hydrogen (secondary N) is 1. The van der Waals surface area contributed by atoms with Crippen molar-refractivity contribution in [2.45, 2.75) is 52.6 Å². The predicted molar refractivity (Wildman–Crippen MR) is 111 cm³/mol. The molecule has 0 radical (unpaired) electrons. The smallest absolute Gasteiger partial charge is 0.266 e. The van der Waals surface area contributed by atoms with Gasteiger partial charge in [-0.1, -0.05) is 0 Å². The average molecular weight is 415 g/mol. The van der Waals surface area contributed by atoms with Crippen molar-refractivity contribution in [3.05, 3.63) is 32.7 Å². The summed E-state index contributed by atoms with van der Waals surface area (Å²) in [4.78, 5) is 43.4. The Morgan fingerprint density at radius 1 is 1.17 bits per heavy atom. The summed E-state index contributed by atoms with van der Waals surface area (Å²) in [6, 6.07) is -0.0950. The first-order valence-corrected chi connectivity index (χ1v) is 10.8. The molecule has 2 aromatic rings. The number of thiazole rings is 1. The Morgan fingerprint density at radius 2 is 1.97 bits per heavy atom. The van der Waals surface area contributed by atoms with Crippen molar-refractivity contribution < 1.29 is 9.59 Å². The summed E-state index contributed by atoms with van der Waals surface area (Å²) >= 11 is 1.44. The van der Waals surface area contributed by atoms with E-state index in [-0.39, 0.29) is 17.9 Å². The predicted octanol–water partition coefficient (Wildman–Crippen LogP) is 2.47. The van der Waals surface area contributed by atoms with E-state index in [1.54, 1.807) is 6.92 Å². The topological polar surface area (TPSA) is 91.3 Å². The number of amides is 2. The van der Waals surface area contributed by atoms with Gasteiger partial charge in [-0.15, -0.1) is 11.3 Å². The fourth-order valence-electron chi connectivity index (χ4n) is 4.26. The van der Waals surface area contributed by atoms with Gasteiger partial charge in [-0.05, 0) is 33.1 Å². The van der Waals surface area contributed by atoms with Crippen LogP contribution in [0.5, 0.6) is 0 Å². The van der Waals surface area contributed by atoms with Crippen molar-refractivity contribution >= 4 is 29.0 Å². The standard InChI is InChI=1S/C20H26N6O2S/c1-11-17(29-12(2)22-11)20(28)25-9-7-14-15(10-25)23-19(24-18(14)21-4)16-6-5-8-26(16)13(3)27/h16H,5-10H2,1-4H3,(H,21,23,24). The molecular weight excluding hydrogens is 388 g/mol. The zero-order chi connectivity index (χ0) is 20.7. The van der Waals surface area contributed by atoms with Gasteiger partial charge in [-0.2, -0.15) is 0 Å². The van der Waals surface area contributed by atoms with Crippen LogP contribution in [0.1, 0.15) is 63.3 Å². The van der Waals surface area contributed by atoms with Gasteiger partial charge in [-0.25, -0.2) is 15.0 Å². The zero-order valence-corrected chi connectivity index (χ0v) is 18.1. The molecule has 2 aliphatic rings. The number of hydrogen-bond donors (Lipinski definition) is 1. The molecule has 154 valence electrons. The summed E-state index contributed by atoms with van der Waals surface area (Å²) in [7, 11) is 1.85. The van der Waals surface area contributed by atoms with Crippen LogP contribution in [0.25, 0.3) is 0 Å². The maximum atomic E-state index is 13.1. The van der Waals surface area contributed by atoms with E-state index >= 15 is 0 Å². The molecule has 1 unspecified atom stereocenters. The van der Waals surface area contributed by atoms with Gasteiger partial charge in [0.15, 0.2) is 5.82 Å². The molecule has 4 heterocycles. The Bertz CT molecular complexity index is 972. The summed E-state index contributed by atoms with van der Waals surface area (Å²) in [6.45, 7) is 7.20. The van der Waals surface area contributed by atoms with E-state index in [0.29, 0.717) is 30.2 Å². The number of nitrogens with zero attached hydrogens (tertiary/aromatic N) is 5. The molecule has 0 aliphatic carbocycles. The first kappa shape index (κ1) is 19.8. The lowest BCUT2D eigenvalue weighted by Crippen LogP contribution is -2.37.